The van der Waals surface area contributed by atoms with E-state index in [4.69, 9.17) is 14.2 Å². The van der Waals surface area contributed by atoms with Gasteiger partial charge in [-0.25, -0.2) is 15.0 Å². The number of hydrogen-bond donors (Lipinski definition) is 0. The van der Waals surface area contributed by atoms with Crippen LogP contribution in [0.2, 0.25) is 0 Å². The normalized spacial score (nSPS) is 12.0. The Labute approximate surface area is 244 Å². The summed E-state index contributed by atoms with van der Waals surface area (Å²) in [4.78, 5) is 22.1. The number of nitrogens with zero attached hydrogens (tertiary/aromatic N) is 5. The Morgan fingerprint density at radius 2 is 1.05 bits per heavy atom. The number of aliphatic imine (C=N–C) groups is 4. The molecule has 0 atom stereocenters. The highest BCUT2D eigenvalue weighted by atomic mass is 16.5. The zero-order chi connectivity index (χ0) is 28.8. The monoisotopic (exact) mass is 555 g/mol. The van der Waals surface area contributed by atoms with Crippen molar-refractivity contribution in [3.05, 3.63) is 89.0 Å². The maximum Gasteiger partial charge on any atom is 0.154 e. The standard InChI is InChI=1S/C33H41N5O3/c1-3-34-17-5-19-39-21-23-41-24-22-40-20-6-18-35-25-29-13-15-31(16-14-29)27-37-33-8-4-7-32(38-33)36-26-30-11-9-28(2)10-12-30/h3-4,7-16,25-27H,5-6,17-24H2,1-2H3/b34-3?,35-25?,36-26?,37-27+. The lowest BCUT2D eigenvalue weighted by atomic mass is 10.1. The first-order valence-electron chi connectivity index (χ1n) is 14.1. The Morgan fingerprint density at radius 1 is 0.585 bits per heavy atom. The zero-order valence-corrected chi connectivity index (χ0v) is 24.2. The van der Waals surface area contributed by atoms with Gasteiger partial charge >= 0.3 is 0 Å². The van der Waals surface area contributed by atoms with Crippen LogP contribution in [0.25, 0.3) is 0 Å². The van der Waals surface area contributed by atoms with Crippen LogP contribution in [-0.2, 0) is 14.2 Å². The molecule has 8 heteroatoms. The highest BCUT2D eigenvalue weighted by Crippen LogP contribution is 2.15. The van der Waals surface area contributed by atoms with Gasteiger partial charge in [0.25, 0.3) is 0 Å². The lowest BCUT2D eigenvalue weighted by molar-refractivity contribution is 0.0143. The number of ether oxygens (including phenoxy) is 3. The number of hydrogen-bond acceptors (Lipinski definition) is 8. The SMILES string of the molecule is CC=NCCCOCCOCCOCCCN=Cc1ccc(/C=N/c2cccc(N=Cc3ccc(C)cc3)n2)cc1. The zero-order valence-electron chi connectivity index (χ0n) is 24.2. The summed E-state index contributed by atoms with van der Waals surface area (Å²) in [6.07, 6.45) is 9.12. The van der Waals surface area contributed by atoms with Gasteiger partial charge in [-0.05, 0) is 61.7 Å². The van der Waals surface area contributed by atoms with Crippen LogP contribution < -0.4 is 0 Å². The third-order valence-corrected chi connectivity index (χ3v) is 5.74. The summed E-state index contributed by atoms with van der Waals surface area (Å²) < 4.78 is 16.6. The third-order valence-electron chi connectivity index (χ3n) is 5.74. The molecule has 1 heterocycles. The third kappa shape index (κ3) is 14.4. The van der Waals surface area contributed by atoms with Gasteiger partial charge in [-0.3, -0.25) is 9.98 Å². The molecular formula is C33H41N5O3. The Balaban J connectivity index is 1.27. The quantitative estimate of drug-likeness (QED) is 0.130. The molecule has 0 aliphatic heterocycles. The molecule has 0 N–H and O–H groups in total. The minimum Gasteiger partial charge on any atom is -0.379 e. The number of pyridine rings is 1. The molecule has 0 radical (unpaired) electrons. The molecule has 0 unspecified atom stereocenters. The minimum absolute atomic E-state index is 0.575. The first kappa shape index (κ1) is 31.7. The summed E-state index contributed by atoms with van der Waals surface area (Å²) in [6, 6.07) is 21.9. The Hall–Kier alpha value is -3.85. The van der Waals surface area contributed by atoms with Crippen LogP contribution in [0, 0.1) is 6.92 Å². The van der Waals surface area contributed by atoms with Crippen LogP contribution in [0.4, 0.5) is 11.6 Å². The summed E-state index contributed by atoms with van der Waals surface area (Å²) >= 11 is 0. The topological polar surface area (TPSA) is 90.0 Å². The lowest BCUT2D eigenvalue weighted by Gasteiger charge is -2.06. The van der Waals surface area contributed by atoms with E-state index in [1.807, 2.05) is 80.2 Å². The van der Waals surface area contributed by atoms with Gasteiger partial charge < -0.3 is 14.2 Å². The van der Waals surface area contributed by atoms with Crippen LogP contribution in [0.3, 0.4) is 0 Å². The average molecular weight is 556 g/mol. The van der Waals surface area contributed by atoms with Crippen molar-refractivity contribution in [2.24, 2.45) is 20.0 Å². The van der Waals surface area contributed by atoms with Gasteiger partial charge in [0.1, 0.15) is 0 Å². The molecule has 0 aliphatic rings. The predicted octanol–water partition coefficient (Wildman–Crippen LogP) is 6.23. The molecular weight excluding hydrogens is 514 g/mol. The number of rotatable bonds is 19. The smallest absolute Gasteiger partial charge is 0.154 e. The fraction of sp³-hybridized carbons (Fsp3) is 0.364. The van der Waals surface area contributed by atoms with Gasteiger partial charge in [-0.15, -0.1) is 0 Å². The highest BCUT2D eigenvalue weighted by Gasteiger charge is 1.96. The van der Waals surface area contributed by atoms with Crippen molar-refractivity contribution < 1.29 is 14.2 Å². The second kappa shape index (κ2) is 20.1. The van der Waals surface area contributed by atoms with Crippen molar-refractivity contribution in [1.82, 2.24) is 4.98 Å². The van der Waals surface area contributed by atoms with Gasteiger partial charge in [0.15, 0.2) is 11.6 Å². The fourth-order valence-corrected chi connectivity index (χ4v) is 3.51. The number of aromatic nitrogens is 1. The van der Waals surface area contributed by atoms with Crippen LogP contribution in [0.5, 0.6) is 0 Å². The Bertz CT molecular complexity index is 1240. The van der Waals surface area contributed by atoms with Crippen molar-refractivity contribution in [2.75, 3.05) is 52.7 Å². The number of aryl methyl sites for hydroxylation is 1. The summed E-state index contributed by atoms with van der Waals surface area (Å²) in [5.41, 5.74) is 4.29. The van der Waals surface area contributed by atoms with E-state index in [-0.39, 0.29) is 0 Å². The van der Waals surface area contributed by atoms with Crippen LogP contribution >= 0.6 is 0 Å². The largest absolute Gasteiger partial charge is 0.379 e. The van der Waals surface area contributed by atoms with Gasteiger partial charge in [0, 0.05) is 44.9 Å². The van der Waals surface area contributed by atoms with Crippen LogP contribution in [0.15, 0.2) is 86.7 Å². The fourth-order valence-electron chi connectivity index (χ4n) is 3.51. The predicted molar refractivity (Wildman–Crippen MR) is 170 cm³/mol. The molecule has 3 rings (SSSR count). The van der Waals surface area contributed by atoms with Gasteiger partial charge in [-0.1, -0.05) is 60.2 Å². The Kier molecular flexibility index (Phi) is 15.5. The molecule has 0 amide bonds. The molecule has 216 valence electrons. The van der Waals surface area contributed by atoms with Crippen molar-refractivity contribution in [2.45, 2.75) is 26.7 Å². The summed E-state index contributed by atoms with van der Waals surface area (Å²) in [5.74, 6) is 1.23. The van der Waals surface area contributed by atoms with Gasteiger partial charge in [0.2, 0.25) is 0 Å². The first-order chi connectivity index (χ1) is 20.2. The molecule has 8 nitrogen and oxygen atoms in total. The summed E-state index contributed by atoms with van der Waals surface area (Å²) in [6.45, 7) is 9.25. The second-order valence-electron chi connectivity index (χ2n) is 9.19. The maximum absolute atomic E-state index is 5.60. The van der Waals surface area contributed by atoms with Crippen molar-refractivity contribution in [3.63, 3.8) is 0 Å². The first-order valence-corrected chi connectivity index (χ1v) is 14.1. The number of benzene rings is 2. The molecule has 0 fully saturated rings. The summed E-state index contributed by atoms with van der Waals surface area (Å²) in [5, 5.41) is 0. The van der Waals surface area contributed by atoms with E-state index < -0.39 is 0 Å². The molecule has 2 aromatic carbocycles. The molecule has 0 saturated heterocycles. The van der Waals surface area contributed by atoms with E-state index in [1.54, 1.807) is 6.21 Å². The van der Waals surface area contributed by atoms with E-state index in [0.29, 0.717) is 51.2 Å². The molecule has 0 spiro atoms. The molecule has 41 heavy (non-hydrogen) atoms. The van der Waals surface area contributed by atoms with Crippen molar-refractivity contribution >= 4 is 36.5 Å². The van der Waals surface area contributed by atoms with E-state index in [2.05, 4.69) is 44.0 Å². The lowest BCUT2D eigenvalue weighted by Crippen LogP contribution is -2.10. The van der Waals surface area contributed by atoms with Crippen LogP contribution in [0.1, 0.15) is 42.0 Å². The molecule has 0 aliphatic carbocycles. The second-order valence-corrected chi connectivity index (χ2v) is 9.19. The molecule has 3 aromatic rings. The van der Waals surface area contributed by atoms with E-state index >= 15 is 0 Å². The van der Waals surface area contributed by atoms with Crippen molar-refractivity contribution in [3.8, 4) is 0 Å². The molecule has 0 bridgehead atoms. The average Bonchev–Trinajstić information content (AvgIpc) is 3.00. The van der Waals surface area contributed by atoms with Gasteiger partial charge in [-0.2, -0.15) is 0 Å². The molecule has 1 aromatic heterocycles. The van der Waals surface area contributed by atoms with Crippen molar-refractivity contribution in [1.29, 1.82) is 0 Å². The minimum atomic E-state index is 0.575. The van der Waals surface area contributed by atoms with Gasteiger partial charge in [0.05, 0.1) is 26.4 Å². The molecule has 0 saturated carbocycles. The maximum atomic E-state index is 5.60. The summed E-state index contributed by atoms with van der Waals surface area (Å²) in [7, 11) is 0. The van der Waals surface area contributed by atoms with E-state index in [0.717, 1.165) is 42.7 Å². The van der Waals surface area contributed by atoms with E-state index in [1.165, 1.54) is 5.56 Å². The van der Waals surface area contributed by atoms with Crippen LogP contribution in [-0.4, -0.2) is 82.6 Å². The Morgan fingerprint density at radius 3 is 1.59 bits per heavy atom. The van der Waals surface area contributed by atoms with E-state index in [9.17, 15) is 0 Å². The highest BCUT2D eigenvalue weighted by molar-refractivity contribution is 5.85.